The zero-order chi connectivity index (χ0) is 21.4. The Bertz CT molecular complexity index is 1350. The maximum atomic E-state index is 11.0. The van der Waals surface area contributed by atoms with Gasteiger partial charge in [0, 0.05) is 11.6 Å². The second kappa shape index (κ2) is 7.88. The molecule has 2 aromatic heterocycles. The Kier molecular flexibility index (Phi) is 5.05. The van der Waals surface area contributed by atoms with Gasteiger partial charge in [-0.05, 0) is 36.0 Å². The number of aromatic nitrogens is 4. The molecule has 160 valence electrons. The lowest BCUT2D eigenvalue weighted by Gasteiger charge is -2.13. The van der Waals surface area contributed by atoms with E-state index < -0.39 is 10.3 Å². The molecule has 9 nitrogen and oxygen atoms in total. The summed E-state index contributed by atoms with van der Waals surface area (Å²) in [6, 6.07) is 14.4. The molecule has 4 N–H and O–H groups in total. The predicted molar refractivity (Wildman–Crippen MR) is 118 cm³/mol. The maximum Gasteiger partial charge on any atom is 0.333 e. The minimum atomic E-state index is -3.91. The maximum absolute atomic E-state index is 11.0. The third-order valence-corrected chi connectivity index (χ3v) is 6.14. The lowest BCUT2D eigenvalue weighted by Crippen LogP contribution is -2.21. The van der Waals surface area contributed by atoms with Crippen molar-refractivity contribution in [2.45, 2.75) is 25.3 Å². The average molecular weight is 439 g/mol. The summed E-state index contributed by atoms with van der Waals surface area (Å²) in [6.07, 6.45) is 4.00. The molecule has 0 saturated heterocycles. The number of hydrogen-bond donors (Lipinski definition) is 3. The number of H-pyrrole nitrogens is 1. The first-order valence-electron chi connectivity index (χ1n) is 10.1. The first kappa shape index (κ1) is 19.9. The summed E-state index contributed by atoms with van der Waals surface area (Å²) < 4.78 is 26.8. The van der Waals surface area contributed by atoms with Crippen molar-refractivity contribution in [3.63, 3.8) is 0 Å². The van der Waals surface area contributed by atoms with E-state index in [0.29, 0.717) is 17.0 Å². The van der Waals surface area contributed by atoms with E-state index in [-0.39, 0.29) is 18.6 Å². The molecule has 0 aliphatic heterocycles. The molecule has 0 amide bonds. The molecule has 0 bridgehead atoms. The summed E-state index contributed by atoms with van der Waals surface area (Å²) in [7, 11) is -3.91. The number of rotatable bonds is 6. The Morgan fingerprint density at radius 2 is 1.97 bits per heavy atom. The van der Waals surface area contributed by atoms with Crippen LogP contribution in [0.3, 0.4) is 0 Å². The van der Waals surface area contributed by atoms with E-state index in [1.54, 1.807) is 0 Å². The standard InChI is InChI=1S/C21H22N6O3S/c22-31(28,29)30-11-13-8-9-15(10-13)25-20-18-21(24-12-23-20)27-19(26-18)17-7-3-5-14-4-1-2-6-16(14)17/h1-7,12-13,15H,8-11H2,(H2,22,28,29)(H2,23,24,25,26,27)/t13-,15-/m0/s1. The summed E-state index contributed by atoms with van der Waals surface area (Å²) in [4.78, 5) is 16.9. The Labute approximate surface area is 179 Å². The lowest BCUT2D eigenvalue weighted by atomic mass is 10.0. The molecule has 2 atom stereocenters. The molecule has 1 saturated carbocycles. The molecule has 1 fully saturated rings. The van der Waals surface area contributed by atoms with Gasteiger partial charge in [0.25, 0.3) is 0 Å². The van der Waals surface area contributed by atoms with Gasteiger partial charge in [0.05, 0.1) is 6.61 Å². The van der Waals surface area contributed by atoms with E-state index in [4.69, 9.17) is 14.3 Å². The van der Waals surface area contributed by atoms with Crippen LogP contribution in [0.1, 0.15) is 19.3 Å². The van der Waals surface area contributed by atoms with Gasteiger partial charge in [-0.2, -0.15) is 8.42 Å². The van der Waals surface area contributed by atoms with Gasteiger partial charge in [-0.15, -0.1) is 0 Å². The quantitative estimate of drug-likeness (QED) is 0.421. The van der Waals surface area contributed by atoms with Crippen LogP contribution in [-0.2, 0) is 14.5 Å². The van der Waals surface area contributed by atoms with Crippen LogP contribution in [0.5, 0.6) is 0 Å². The van der Waals surface area contributed by atoms with Crippen LogP contribution < -0.4 is 10.5 Å². The van der Waals surface area contributed by atoms with E-state index >= 15 is 0 Å². The largest absolute Gasteiger partial charge is 0.365 e. The SMILES string of the molecule is NS(=O)(=O)OC[C@H]1CC[C@H](Nc2ncnc3[nH]c(-c4cccc5ccccc45)nc23)C1. The highest BCUT2D eigenvalue weighted by Crippen LogP contribution is 2.32. The Morgan fingerprint density at radius 1 is 1.13 bits per heavy atom. The molecule has 0 unspecified atom stereocenters. The first-order chi connectivity index (χ1) is 15.0. The van der Waals surface area contributed by atoms with Gasteiger partial charge in [-0.1, -0.05) is 42.5 Å². The number of anilines is 1. The van der Waals surface area contributed by atoms with Gasteiger partial charge in [0.1, 0.15) is 12.2 Å². The fourth-order valence-corrected chi connectivity index (χ4v) is 4.62. The zero-order valence-electron chi connectivity index (χ0n) is 16.7. The summed E-state index contributed by atoms with van der Waals surface area (Å²) in [6.45, 7) is 0.101. The van der Waals surface area contributed by atoms with E-state index in [0.717, 1.165) is 41.4 Å². The molecular weight excluding hydrogens is 416 g/mol. The summed E-state index contributed by atoms with van der Waals surface area (Å²) in [5.74, 6) is 1.52. The summed E-state index contributed by atoms with van der Waals surface area (Å²) >= 11 is 0. The molecule has 10 heteroatoms. The van der Waals surface area contributed by atoms with E-state index in [1.165, 1.54) is 6.33 Å². The van der Waals surface area contributed by atoms with Gasteiger partial charge in [0.2, 0.25) is 0 Å². The molecule has 4 aromatic rings. The van der Waals surface area contributed by atoms with E-state index in [9.17, 15) is 8.42 Å². The smallest absolute Gasteiger partial charge is 0.333 e. The highest BCUT2D eigenvalue weighted by atomic mass is 32.2. The van der Waals surface area contributed by atoms with Gasteiger partial charge >= 0.3 is 10.3 Å². The van der Waals surface area contributed by atoms with Crippen molar-refractivity contribution in [2.75, 3.05) is 11.9 Å². The first-order valence-corrected chi connectivity index (χ1v) is 11.6. The van der Waals surface area contributed by atoms with Crippen molar-refractivity contribution in [1.82, 2.24) is 19.9 Å². The van der Waals surface area contributed by atoms with E-state index in [1.807, 2.05) is 24.3 Å². The molecule has 1 aliphatic carbocycles. The number of hydrogen-bond acceptors (Lipinski definition) is 7. The van der Waals surface area contributed by atoms with Gasteiger partial charge in [-0.25, -0.2) is 20.1 Å². The van der Waals surface area contributed by atoms with Crippen molar-refractivity contribution in [1.29, 1.82) is 0 Å². The van der Waals surface area contributed by atoms with Crippen LogP contribution in [0.4, 0.5) is 5.82 Å². The molecular formula is C21H22N6O3S. The van der Waals surface area contributed by atoms with Crippen LogP contribution in [-0.4, -0.2) is 41.0 Å². The number of fused-ring (bicyclic) bond motifs is 2. The highest BCUT2D eigenvalue weighted by molar-refractivity contribution is 7.84. The Morgan fingerprint density at radius 3 is 2.84 bits per heavy atom. The molecule has 31 heavy (non-hydrogen) atoms. The van der Waals surface area contributed by atoms with Gasteiger partial charge in [-0.3, -0.25) is 4.18 Å². The number of nitrogens with two attached hydrogens (primary N) is 1. The monoisotopic (exact) mass is 438 g/mol. The average Bonchev–Trinajstić information content (AvgIpc) is 3.39. The summed E-state index contributed by atoms with van der Waals surface area (Å²) in [5.41, 5.74) is 2.34. The predicted octanol–water partition coefficient (Wildman–Crippen LogP) is 2.97. The molecule has 5 rings (SSSR count). The van der Waals surface area contributed by atoms with Crippen LogP contribution in [0.25, 0.3) is 33.3 Å². The Balaban J connectivity index is 1.39. The fourth-order valence-electron chi connectivity index (χ4n) is 4.23. The number of benzene rings is 2. The van der Waals surface area contributed by atoms with Crippen molar-refractivity contribution in [3.8, 4) is 11.4 Å². The van der Waals surface area contributed by atoms with Crippen LogP contribution >= 0.6 is 0 Å². The van der Waals surface area contributed by atoms with Crippen LogP contribution in [0, 0.1) is 5.92 Å². The number of aromatic amines is 1. The number of imidazole rings is 1. The third kappa shape index (κ3) is 4.22. The Hall–Kier alpha value is -3.08. The van der Waals surface area contributed by atoms with Crippen molar-refractivity contribution < 1.29 is 12.6 Å². The fraction of sp³-hybridized carbons (Fsp3) is 0.286. The molecule has 2 aromatic carbocycles. The van der Waals surface area contributed by atoms with Crippen molar-refractivity contribution in [3.05, 3.63) is 48.8 Å². The normalized spacial score (nSPS) is 19.3. The topological polar surface area (TPSA) is 136 Å². The highest BCUT2D eigenvalue weighted by Gasteiger charge is 2.27. The van der Waals surface area contributed by atoms with Crippen LogP contribution in [0.15, 0.2) is 48.8 Å². The summed E-state index contributed by atoms with van der Waals surface area (Å²) in [5, 5.41) is 10.6. The zero-order valence-corrected chi connectivity index (χ0v) is 17.5. The molecule has 0 spiro atoms. The second-order valence-corrected chi connectivity index (χ2v) is 9.05. The van der Waals surface area contributed by atoms with Crippen LogP contribution in [0.2, 0.25) is 0 Å². The molecule has 1 aliphatic rings. The van der Waals surface area contributed by atoms with E-state index in [2.05, 4.69) is 38.5 Å². The minimum Gasteiger partial charge on any atom is -0.365 e. The minimum absolute atomic E-state index is 0.101. The van der Waals surface area contributed by atoms with Gasteiger partial charge < -0.3 is 10.3 Å². The van der Waals surface area contributed by atoms with Crippen molar-refractivity contribution in [2.24, 2.45) is 11.1 Å². The third-order valence-electron chi connectivity index (χ3n) is 5.68. The number of nitrogens with zero attached hydrogens (tertiary/aromatic N) is 3. The van der Waals surface area contributed by atoms with Crippen molar-refractivity contribution >= 4 is 38.1 Å². The second-order valence-electron chi connectivity index (χ2n) is 7.83. The molecule has 0 radical (unpaired) electrons. The number of nitrogens with one attached hydrogen (secondary N) is 2. The lowest BCUT2D eigenvalue weighted by molar-refractivity contribution is 0.256. The van der Waals surface area contributed by atoms with Gasteiger partial charge in [0.15, 0.2) is 17.0 Å². The molecule has 2 heterocycles.